The minimum absolute atomic E-state index is 0.126. The molecule has 0 heterocycles. The van der Waals surface area contributed by atoms with Crippen molar-refractivity contribution >= 4 is 29.3 Å². The first-order valence-corrected chi connectivity index (χ1v) is 9.04. The Morgan fingerprint density at radius 2 is 1.63 bits per heavy atom. The second-order valence-corrected chi connectivity index (χ2v) is 6.69. The first-order valence-electron chi connectivity index (χ1n) is 8.66. The van der Waals surface area contributed by atoms with E-state index in [4.69, 9.17) is 16.3 Å². The minimum atomic E-state index is -0.465. The number of aryl methyl sites for hydroxylation is 2. The van der Waals surface area contributed by atoms with Gasteiger partial charge in [0.05, 0.1) is 0 Å². The van der Waals surface area contributed by atoms with Crippen LogP contribution in [0.4, 0.5) is 0 Å². The van der Waals surface area contributed by atoms with E-state index in [1.807, 2.05) is 19.9 Å². The van der Waals surface area contributed by atoms with E-state index in [2.05, 4.69) is 5.32 Å². The van der Waals surface area contributed by atoms with Gasteiger partial charge in [0.25, 0.3) is 5.91 Å². The Morgan fingerprint density at radius 3 is 2.30 bits per heavy atom. The van der Waals surface area contributed by atoms with Crippen LogP contribution in [0.15, 0.2) is 42.5 Å². The third-order valence-electron chi connectivity index (χ3n) is 4.14. The molecule has 0 saturated heterocycles. The van der Waals surface area contributed by atoms with Crippen molar-refractivity contribution < 1.29 is 19.1 Å². The lowest BCUT2D eigenvalue weighted by atomic mass is 10.0. The van der Waals surface area contributed by atoms with Crippen LogP contribution >= 0.6 is 11.6 Å². The van der Waals surface area contributed by atoms with E-state index in [1.54, 1.807) is 36.4 Å². The van der Waals surface area contributed by atoms with E-state index < -0.39 is 5.97 Å². The smallest absolute Gasteiger partial charge is 0.306 e. The van der Waals surface area contributed by atoms with Crippen LogP contribution in [0, 0.1) is 13.8 Å². The second kappa shape index (κ2) is 9.88. The Labute approximate surface area is 163 Å². The highest BCUT2D eigenvalue weighted by atomic mass is 35.5. The molecule has 2 aromatic rings. The molecule has 2 rings (SSSR count). The summed E-state index contributed by atoms with van der Waals surface area (Å²) in [6, 6.07) is 11.9. The van der Waals surface area contributed by atoms with Crippen molar-refractivity contribution in [2.75, 3.05) is 13.2 Å². The number of ether oxygens (including phenoxy) is 1. The third-order valence-corrected chi connectivity index (χ3v) is 4.39. The van der Waals surface area contributed by atoms with Gasteiger partial charge in [-0.15, -0.1) is 0 Å². The number of rotatable bonds is 8. The Hall–Kier alpha value is -2.66. The Balaban J connectivity index is 1.67. The average Bonchev–Trinajstić information content (AvgIpc) is 2.65. The van der Waals surface area contributed by atoms with E-state index in [0.29, 0.717) is 29.1 Å². The number of Topliss-reactive ketones (excluding diaryl/α,β-unsaturated/α-hetero) is 1. The van der Waals surface area contributed by atoms with E-state index in [-0.39, 0.29) is 24.7 Å². The van der Waals surface area contributed by atoms with Crippen LogP contribution in [0.3, 0.4) is 0 Å². The minimum Gasteiger partial charge on any atom is -0.457 e. The fourth-order valence-corrected chi connectivity index (χ4v) is 2.48. The molecular formula is C21H22ClNO4. The molecule has 0 atom stereocenters. The summed E-state index contributed by atoms with van der Waals surface area (Å²) < 4.78 is 5.02. The number of carbonyl (C=O) groups is 3. The normalized spacial score (nSPS) is 10.3. The van der Waals surface area contributed by atoms with Crippen LogP contribution in [-0.4, -0.2) is 30.8 Å². The zero-order valence-corrected chi connectivity index (χ0v) is 16.1. The first-order chi connectivity index (χ1) is 12.9. The Bertz CT molecular complexity index is 831. The topological polar surface area (TPSA) is 72.5 Å². The molecule has 0 aliphatic carbocycles. The summed E-state index contributed by atoms with van der Waals surface area (Å²) in [6.07, 6.45) is 0.553. The van der Waals surface area contributed by atoms with Crippen LogP contribution in [0.1, 0.15) is 44.7 Å². The summed E-state index contributed by atoms with van der Waals surface area (Å²) in [5.74, 6) is -0.930. The van der Waals surface area contributed by atoms with Crippen molar-refractivity contribution in [3.63, 3.8) is 0 Å². The number of carbonyl (C=O) groups excluding carboxylic acids is 3. The van der Waals surface area contributed by atoms with Gasteiger partial charge < -0.3 is 10.1 Å². The van der Waals surface area contributed by atoms with Gasteiger partial charge in [-0.05, 0) is 61.7 Å². The van der Waals surface area contributed by atoms with Gasteiger partial charge in [-0.3, -0.25) is 14.4 Å². The zero-order chi connectivity index (χ0) is 19.8. The molecule has 1 amide bonds. The van der Waals surface area contributed by atoms with Crippen LogP contribution in [0.25, 0.3) is 0 Å². The molecule has 0 aromatic heterocycles. The molecule has 0 aliphatic rings. The fraction of sp³-hybridized carbons (Fsp3) is 0.286. The number of hydrogen-bond acceptors (Lipinski definition) is 4. The molecule has 6 heteroatoms. The molecule has 0 radical (unpaired) electrons. The molecule has 0 aliphatic heterocycles. The molecule has 142 valence electrons. The third kappa shape index (κ3) is 6.53. The van der Waals surface area contributed by atoms with E-state index >= 15 is 0 Å². The molecule has 0 bridgehead atoms. The van der Waals surface area contributed by atoms with Crippen LogP contribution < -0.4 is 5.32 Å². The number of hydrogen-bond donors (Lipinski definition) is 1. The van der Waals surface area contributed by atoms with Gasteiger partial charge in [-0.2, -0.15) is 0 Å². The monoisotopic (exact) mass is 387 g/mol. The summed E-state index contributed by atoms with van der Waals surface area (Å²) in [6.45, 7) is 3.95. The van der Waals surface area contributed by atoms with E-state index in [9.17, 15) is 14.4 Å². The highest BCUT2D eigenvalue weighted by Gasteiger charge is 2.11. The molecule has 1 N–H and O–H groups in total. The summed E-state index contributed by atoms with van der Waals surface area (Å²) in [5.41, 5.74) is 3.15. The van der Waals surface area contributed by atoms with Gasteiger partial charge >= 0.3 is 5.97 Å². The van der Waals surface area contributed by atoms with Crippen LogP contribution in [-0.2, 0) is 9.53 Å². The highest BCUT2D eigenvalue weighted by Crippen LogP contribution is 2.11. The van der Waals surface area contributed by atoms with Crippen molar-refractivity contribution in [2.24, 2.45) is 0 Å². The first kappa shape index (κ1) is 20.6. The van der Waals surface area contributed by atoms with Crippen molar-refractivity contribution in [3.8, 4) is 0 Å². The van der Waals surface area contributed by atoms with E-state index in [1.165, 1.54) is 0 Å². The summed E-state index contributed by atoms with van der Waals surface area (Å²) in [7, 11) is 0. The second-order valence-electron chi connectivity index (χ2n) is 6.25. The van der Waals surface area contributed by atoms with Crippen LogP contribution in [0.2, 0.25) is 5.02 Å². The molecule has 2 aromatic carbocycles. The number of halogens is 1. The van der Waals surface area contributed by atoms with Gasteiger partial charge in [0.1, 0.15) is 0 Å². The maximum Gasteiger partial charge on any atom is 0.306 e. The fourth-order valence-electron chi connectivity index (χ4n) is 2.35. The summed E-state index contributed by atoms with van der Waals surface area (Å²) >= 11 is 5.78. The zero-order valence-electron chi connectivity index (χ0n) is 15.4. The number of amides is 1. The van der Waals surface area contributed by atoms with E-state index in [0.717, 1.165) is 11.1 Å². The predicted molar refractivity (Wildman–Crippen MR) is 104 cm³/mol. The Kier molecular flexibility index (Phi) is 7.55. The molecule has 0 saturated carbocycles. The molecule has 27 heavy (non-hydrogen) atoms. The molecule has 0 unspecified atom stereocenters. The van der Waals surface area contributed by atoms with Crippen molar-refractivity contribution in [1.29, 1.82) is 0 Å². The number of ketones is 1. The van der Waals surface area contributed by atoms with Gasteiger partial charge in [0.2, 0.25) is 0 Å². The summed E-state index contributed by atoms with van der Waals surface area (Å²) in [5, 5.41) is 3.28. The van der Waals surface area contributed by atoms with Gasteiger partial charge in [0.15, 0.2) is 12.4 Å². The van der Waals surface area contributed by atoms with Crippen LogP contribution in [0.5, 0.6) is 0 Å². The standard InChI is InChI=1S/C21H22ClNO4/c1-14-5-6-17(12-15(14)2)19(24)13-27-20(25)4-3-11-23-21(26)16-7-9-18(22)10-8-16/h5-10,12H,3-4,11,13H2,1-2H3,(H,23,26). The lowest BCUT2D eigenvalue weighted by Crippen LogP contribution is -2.25. The quantitative estimate of drug-likeness (QED) is 0.423. The maximum atomic E-state index is 12.1. The highest BCUT2D eigenvalue weighted by molar-refractivity contribution is 6.30. The molecular weight excluding hydrogens is 366 g/mol. The SMILES string of the molecule is Cc1ccc(C(=O)COC(=O)CCCNC(=O)c2ccc(Cl)cc2)cc1C. The maximum absolute atomic E-state index is 12.1. The number of esters is 1. The van der Waals surface area contributed by atoms with Crippen molar-refractivity contribution in [2.45, 2.75) is 26.7 Å². The lowest BCUT2D eigenvalue weighted by Gasteiger charge is -2.07. The van der Waals surface area contributed by atoms with Gasteiger partial charge in [-0.1, -0.05) is 23.7 Å². The van der Waals surface area contributed by atoms with Gasteiger partial charge in [-0.25, -0.2) is 0 Å². The number of benzene rings is 2. The lowest BCUT2D eigenvalue weighted by molar-refractivity contribution is -0.142. The average molecular weight is 388 g/mol. The molecule has 5 nitrogen and oxygen atoms in total. The Morgan fingerprint density at radius 1 is 0.963 bits per heavy atom. The predicted octanol–water partition coefficient (Wildman–Crippen LogP) is 3.89. The summed E-state index contributed by atoms with van der Waals surface area (Å²) in [4.78, 5) is 35.7. The van der Waals surface area contributed by atoms with Crippen molar-refractivity contribution in [1.82, 2.24) is 5.32 Å². The molecule has 0 spiro atoms. The largest absolute Gasteiger partial charge is 0.457 e. The van der Waals surface area contributed by atoms with Gasteiger partial charge in [0, 0.05) is 29.1 Å². The molecule has 0 fully saturated rings. The number of nitrogens with one attached hydrogen (secondary N) is 1. The van der Waals surface area contributed by atoms with Crippen molar-refractivity contribution in [3.05, 3.63) is 69.7 Å².